The minimum atomic E-state index is -0.733. The van der Waals surface area contributed by atoms with Crippen molar-refractivity contribution in [3.63, 3.8) is 0 Å². The topological polar surface area (TPSA) is 72.0 Å². The number of hydrogen-bond acceptors (Lipinski definition) is 3. The Morgan fingerprint density at radius 2 is 2.10 bits per heavy atom. The average Bonchev–Trinajstić information content (AvgIpc) is 2.36. The predicted molar refractivity (Wildman–Crippen MR) is 76.8 cm³/mol. The van der Waals surface area contributed by atoms with Gasteiger partial charge in [-0.25, -0.2) is 4.79 Å². The number of imide groups is 1. The van der Waals surface area contributed by atoms with Gasteiger partial charge in [0.25, 0.3) is 5.91 Å². The van der Waals surface area contributed by atoms with Gasteiger partial charge in [0, 0.05) is 10.6 Å². The number of quaternary nitrogens is 1. The molecular weight excluding hydrogens is 303 g/mol. The smallest absolute Gasteiger partial charge is 0.414 e. The average molecular weight is 320 g/mol. The molecule has 0 bridgehead atoms. The van der Waals surface area contributed by atoms with Crippen LogP contribution in [0.15, 0.2) is 18.2 Å². The van der Waals surface area contributed by atoms with Crippen LogP contribution in [-0.2, 0) is 9.53 Å². The highest BCUT2D eigenvalue weighted by molar-refractivity contribution is 6.35. The van der Waals surface area contributed by atoms with Crippen LogP contribution in [0.3, 0.4) is 0 Å². The quantitative estimate of drug-likeness (QED) is 0.870. The molecule has 5 nitrogen and oxygen atoms in total. The highest BCUT2D eigenvalue weighted by Gasteiger charge is 2.16. The van der Waals surface area contributed by atoms with E-state index in [0.29, 0.717) is 10.0 Å². The van der Waals surface area contributed by atoms with Crippen molar-refractivity contribution >= 4 is 35.2 Å². The molecule has 0 saturated heterocycles. The Bertz CT molecular complexity index is 495. The van der Waals surface area contributed by atoms with Gasteiger partial charge in [-0.3, -0.25) is 10.1 Å². The number of rotatable bonds is 5. The highest BCUT2D eigenvalue weighted by Crippen LogP contribution is 2.24. The van der Waals surface area contributed by atoms with Gasteiger partial charge in [0.1, 0.15) is 6.04 Å². The lowest BCUT2D eigenvalue weighted by Gasteiger charge is -2.12. The van der Waals surface area contributed by atoms with Crippen LogP contribution in [0.4, 0.5) is 4.79 Å². The third-order valence-corrected chi connectivity index (χ3v) is 3.19. The molecule has 1 atom stereocenters. The van der Waals surface area contributed by atoms with Crippen LogP contribution < -0.4 is 10.6 Å². The molecule has 0 saturated carbocycles. The van der Waals surface area contributed by atoms with Crippen molar-refractivity contribution in [3.05, 3.63) is 33.8 Å². The standard InChI is InChI=1S/C13H16Cl2N2O3/c1-3-20-13(19)17-12(18)7-16-8(2)10-5-4-9(14)6-11(10)15/h4-6,8,16H,3,7H2,1-2H3,(H,17,18,19)/p+1/t8-/m1/s1. The van der Waals surface area contributed by atoms with E-state index in [1.807, 2.05) is 13.0 Å². The van der Waals surface area contributed by atoms with E-state index in [0.717, 1.165) is 5.56 Å². The monoisotopic (exact) mass is 319 g/mol. The second kappa shape index (κ2) is 8.09. The SMILES string of the molecule is CCOC(=O)NC(=O)C[NH2+][C@H](C)c1ccc(Cl)cc1Cl. The molecular formula is C13H17Cl2N2O3+. The summed E-state index contributed by atoms with van der Waals surface area (Å²) in [5, 5.41) is 5.00. The van der Waals surface area contributed by atoms with Gasteiger partial charge in [-0.05, 0) is 26.0 Å². The molecule has 1 rings (SSSR count). The zero-order valence-electron chi connectivity index (χ0n) is 11.3. The van der Waals surface area contributed by atoms with Crippen molar-refractivity contribution in [2.45, 2.75) is 19.9 Å². The maximum Gasteiger partial charge on any atom is 0.414 e. The first-order chi connectivity index (χ1) is 9.43. The van der Waals surface area contributed by atoms with Gasteiger partial charge in [0.05, 0.1) is 11.6 Å². The van der Waals surface area contributed by atoms with E-state index in [9.17, 15) is 9.59 Å². The summed E-state index contributed by atoms with van der Waals surface area (Å²) >= 11 is 11.9. The number of amides is 2. The number of carbonyl (C=O) groups excluding carboxylic acids is 2. The lowest BCUT2D eigenvalue weighted by molar-refractivity contribution is -0.682. The molecule has 3 N–H and O–H groups in total. The van der Waals surface area contributed by atoms with Crippen molar-refractivity contribution in [2.75, 3.05) is 13.2 Å². The summed E-state index contributed by atoms with van der Waals surface area (Å²) in [4.78, 5) is 22.6. The van der Waals surface area contributed by atoms with E-state index >= 15 is 0 Å². The number of nitrogens with one attached hydrogen (secondary N) is 1. The first-order valence-corrected chi connectivity index (χ1v) is 6.94. The Balaban J connectivity index is 2.48. The fourth-order valence-corrected chi connectivity index (χ4v) is 2.19. The van der Waals surface area contributed by atoms with E-state index in [1.165, 1.54) is 0 Å². The molecule has 2 amide bonds. The maximum absolute atomic E-state index is 11.5. The van der Waals surface area contributed by atoms with Gasteiger partial charge in [0.2, 0.25) is 0 Å². The van der Waals surface area contributed by atoms with Gasteiger partial charge in [-0.1, -0.05) is 29.3 Å². The van der Waals surface area contributed by atoms with E-state index < -0.39 is 12.0 Å². The summed E-state index contributed by atoms with van der Waals surface area (Å²) in [6, 6.07) is 5.18. The molecule has 0 fully saturated rings. The fraction of sp³-hybridized carbons (Fsp3) is 0.385. The van der Waals surface area contributed by atoms with Gasteiger partial charge in [0.15, 0.2) is 6.54 Å². The molecule has 0 aliphatic rings. The third kappa shape index (κ3) is 5.36. The van der Waals surface area contributed by atoms with E-state index in [-0.39, 0.29) is 19.2 Å². The van der Waals surface area contributed by atoms with Crippen molar-refractivity contribution in [1.29, 1.82) is 0 Å². The van der Waals surface area contributed by atoms with Gasteiger partial charge < -0.3 is 10.1 Å². The number of benzene rings is 1. The van der Waals surface area contributed by atoms with Crippen molar-refractivity contribution in [2.24, 2.45) is 0 Å². The van der Waals surface area contributed by atoms with Crippen LogP contribution >= 0.6 is 23.2 Å². The second-order valence-corrected chi connectivity index (χ2v) is 5.01. The summed E-state index contributed by atoms with van der Waals surface area (Å²) in [5.74, 6) is -0.416. The van der Waals surface area contributed by atoms with Gasteiger partial charge in [-0.2, -0.15) is 0 Å². The van der Waals surface area contributed by atoms with Gasteiger partial charge >= 0.3 is 6.09 Å². The largest absolute Gasteiger partial charge is 0.450 e. The summed E-state index contributed by atoms with van der Waals surface area (Å²) in [6.45, 7) is 3.89. The van der Waals surface area contributed by atoms with E-state index in [4.69, 9.17) is 23.2 Å². The number of halogens is 2. The fourth-order valence-electron chi connectivity index (χ4n) is 1.61. The Morgan fingerprint density at radius 3 is 2.70 bits per heavy atom. The van der Waals surface area contributed by atoms with Crippen LogP contribution in [0.25, 0.3) is 0 Å². The van der Waals surface area contributed by atoms with Crippen LogP contribution in [-0.4, -0.2) is 25.2 Å². The molecule has 20 heavy (non-hydrogen) atoms. The Hall–Kier alpha value is -1.30. The molecule has 0 spiro atoms. The molecule has 0 aliphatic carbocycles. The first-order valence-electron chi connectivity index (χ1n) is 6.19. The number of carbonyl (C=O) groups is 2. The van der Waals surface area contributed by atoms with Gasteiger partial charge in [-0.15, -0.1) is 0 Å². The second-order valence-electron chi connectivity index (χ2n) is 4.16. The van der Waals surface area contributed by atoms with Crippen LogP contribution in [0.2, 0.25) is 10.0 Å². The highest BCUT2D eigenvalue weighted by atomic mass is 35.5. The maximum atomic E-state index is 11.5. The first kappa shape index (κ1) is 16.8. The molecule has 0 radical (unpaired) electrons. The summed E-state index contributed by atoms with van der Waals surface area (Å²) in [6.07, 6.45) is -0.733. The normalized spacial score (nSPS) is 11.8. The summed E-state index contributed by atoms with van der Waals surface area (Å²) < 4.78 is 4.62. The summed E-state index contributed by atoms with van der Waals surface area (Å²) in [5.41, 5.74) is 0.875. The van der Waals surface area contributed by atoms with Crippen molar-refractivity contribution in [1.82, 2.24) is 5.32 Å². The molecule has 0 aromatic heterocycles. The minimum Gasteiger partial charge on any atom is -0.450 e. The van der Waals surface area contributed by atoms with E-state index in [2.05, 4.69) is 10.1 Å². The zero-order chi connectivity index (χ0) is 15.1. The van der Waals surface area contributed by atoms with Crippen molar-refractivity contribution in [3.8, 4) is 0 Å². The molecule has 7 heteroatoms. The lowest BCUT2D eigenvalue weighted by Crippen LogP contribution is -2.87. The predicted octanol–water partition coefficient (Wildman–Crippen LogP) is 1.89. The lowest BCUT2D eigenvalue weighted by atomic mass is 10.1. The Morgan fingerprint density at radius 1 is 1.40 bits per heavy atom. The number of ether oxygens (including phenoxy) is 1. The van der Waals surface area contributed by atoms with E-state index in [1.54, 1.807) is 24.4 Å². The molecule has 1 aromatic carbocycles. The number of alkyl carbamates (subject to hydrolysis) is 1. The zero-order valence-corrected chi connectivity index (χ0v) is 12.8. The molecule has 0 aliphatic heterocycles. The van der Waals surface area contributed by atoms with Crippen LogP contribution in [0.1, 0.15) is 25.5 Å². The minimum absolute atomic E-state index is 0.0345. The van der Waals surface area contributed by atoms with Crippen molar-refractivity contribution < 1.29 is 19.6 Å². The Kier molecular flexibility index (Phi) is 6.78. The molecule has 0 unspecified atom stereocenters. The number of nitrogens with two attached hydrogens (primary N) is 1. The van der Waals surface area contributed by atoms with Crippen LogP contribution in [0.5, 0.6) is 0 Å². The molecule has 0 heterocycles. The Labute approximate surface area is 127 Å². The molecule has 110 valence electrons. The molecule has 1 aromatic rings. The summed E-state index contributed by atoms with van der Waals surface area (Å²) in [7, 11) is 0. The number of hydrogen-bond donors (Lipinski definition) is 2. The van der Waals surface area contributed by atoms with Crippen LogP contribution in [0, 0.1) is 0 Å². The third-order valence-electron chi connectivity index (χ3n) is 2.63.